The van der Waals surface area contributed by atoms with Crippen LogP contribution in [0.4, 0.5) is 5.69 Å². The Morgan fingerprint density at radius 1 is 1.50 bits per heavy atom. The van der Waals surface area contributed by atoms with Gasteiger partial charge in [-0.25, -0.2) is 9.67 Å². The van der Waals surface area contributed by atoms with Gasteiger partial charge in [-0.15, -0.1) is 0 Å². The lowest BCUT2D eigenvalue weighted by atomic mass is 10.3. The molecule has 1 aromatic heterocycles. The topological polar surface area (TPSA) is 85.8 Å². The van der Waals surface area contributed by atoms with E-state index < -0.39 is 0 Å². The van der Waals surface area contributed by atoms with Crippen molar-refractivity contribution in [2.45, 2.75) is 13.1 Å². The molecule has 0 unspecified atom stereocenters. The minimum absolute atomic E-state index is 0.111. The monoisotopic (exact) mass is 309 g/mol. The Morgan fingerprint density at radius 2 is 2.33 bits per heavy atom. The second-order valence-corrected chi connectivity index (χ2v) is 4.54. The lowest BCUT2D eigenvalue weighted by molar-refractivity contribution is -0.116. The highest BCUT2D eigenvalue weighted by Gasteiger charge is 2.05. The number of hydrogen-bond acceptors (Lipinski definition) is 4. The van der Waals surface area contributed by atoms with Crippen molar-refractivity contribution in [3.63, 3.8) is 0 Å². The summed E-state index contributed by atoms with van der Waals surface area (Å²) in [6.45, 7) is 0.375. The van der Waals surface area contributed by atoms with Gasteiger partial charge in [0.15, 0.2) is 5.82 Å². The predicted octanol–water partition coefficient (Wildman–Crippen LogP) is 1.14. The maximum atomic E-state index is 11.7. The summed E-state index contributed by atoms with van der Waals surface area (Å²) in [5, 5.41) is 6.81. The summed E-state index contributed by atoms with van der Waals surface area (Å²) in [5.41, 5.74) is 6.12. The number of carbonyl (C=O) groups excluding carboxylic acids is 1. The van der Waals surface area contributed by atoms with Gasteiger partial charge in [0, 0.05) is 10.2 Å². The van der Waals surface area contributed by atoms with Crippen LogP contribution >= 0.6 is 15.9 Å². The molecule has 0 atom stereocenters. The van der Waals surface area contributed by atoms with Crippen molar-refractivity contribution >= 4 is 27.5 Å². The normalized spacial score (nSPS) is 10.3. The first kappa shape index (κ1) is 12.7. The average molecular weight is 310 g/mol. The van der Waals surface area contributed by atoms with Crippen molar-refractivity contribution in [3.05, 3.63) is 40.9 Å². The van der Waals surface area contributed by atoms with E-state index in [4.69, 9.17) is 5.73 Å². The highest BCUT2D eigenvalue weighted by molar-refractivity contribution is 9.10. The minimum atomic E-state index is -0.165. The Hall–Kier alpha value is -1.73. The highest BCUT2D eigenvalue weighted by Crippen LogP contribution is 2.15. The van der Waals surface area contributed by atoms with Crippen molar-refractivity contribution in [3.8, 4) is 0 Å². The highest BCUT2D eigenvalue weighted by atomic mass is 79.9. The fourth-order valence-corrected chi connectivity index (χ4v) is 1.82. The van der Waals surface area contributed by atoms with Gasteiger partial charge in [0.05, 0.1) is 6.54 Å². The van der Waals surface area contributed by atoms with E-state index in [1.807, 2.05) is 24.3 Å². The van der Waals surface area contributed by atoms with Crippen molar-refractivity contribution in [1.82, 2.24) is 14.8 Å². The van der Waals surface area contributed by atoms with Crippen LogP contribution in [0.1, 0.15) is 5.82 Å². The van der Waals surface area contributed by atoms with E-state index in [1.54, 1.807) is 0 Å². The van der Waals surface area contributed by atoms with Crippen LogP contribution in [-0.2, 0) is 17.9 Å². The van der Waals surface area contributed by atoms with Crippen LogP contribution < -0.4 is 11.1 Å². The Labute approximate surface area is 112 Å². The molecule has 0 aliphatic carbocycles. The van der Waals surface area contributed by atoms with Gasteiger partial charge in [0.25, 0.3) is 0 Å². The number of amides is 1. The molecular weight excluding hydrogens is 298 g/mol. The molecule has 3 N–H and O–H groups in total. The number of halogens is 1. The molecule has 2 aromatic rings. The Kier molecular flexibility index (Phi) is 4.06. The molecule has 0 bridgehead atoms. The van der Waals surface area contributed by atoms with Gasteiger partial charge in [0.2, 0.25) is 5.91 Å². The van der Waals surface area contributed by atoms with Crippen molar-refractivity contribution in [2.75, 3.05) is 5.32 Å². The molecule has 1 amide bonds. The van der Waals surface area contributed by atoms with Crippen LogP contribution in [0, 0.1) is 0 Å². The predicted molar refractivity (Wildman–Crippen MR) is 70.7 cm³/mol. The maximum Gasteiger partial charge on any atom is 0.246 e. The van der Waals surface area contributed by atoms with Crippen molar-refractivity contribution in [2.24, 2.45) is 5.73 Å². The quantitative estimate of drug-likeness (QED) is 0.886. The molecule has 7 heteroatoms. The largest absolute Gasteiger partial charge is 0.324 e. The van der Waals surface area contributed by atoms with Crippen LogP contribution in [0.2, 0.25) is 0 Å². The van der Waals surface area contributed by atoms with Crippen molar-refractivity contribution in [1.29, 1.82) is 0 Å². The van der Waals surface area contributed by atoms with E-state index in [1.165, 1.54) is 11.0 Å². The minimum Gasteiger partial charge on any atom is -0.324 e. The molecule has 0 saturated heterocycles. The Balaban J connectivity index is 1.96. The van der Waals surface area contributed by atoms with E-state index >= 15 is 0 Å². The summed E-state index contributed by atoms with van der Waals surface area (Å²) in [5.74, 6) is 0.354. The molecule has 2 rings (SSSR count). The Morgan fingerprint density at radius 3 is 3.00 bits per heavy atom. The fraction of sp³-hybridized carbons (Fsp3) is 0.182. The van der Waals surface area contributed by atoms with E-state index in [2.05, 4.69) is 31.3 Å². The van der Waals surface area contributed by atoms with Gasteiger partial charge in [-0.05, 0) is 18.2 Å². The summed E-state index contributed by atoms with van der Waals surface area (Å²) < 4.78 is 2.36. The molecule has 0 fully saturated rings. The molecule has 0 saturated carbocycles. The number of rotatable bonds is 4. The second-order valence-electron chi connectivity index (χ2n) is 3.62. The third-order valence-corrected chi connectivity index (χ3v) is 2.67. The first-order valence-electron chi connectivity index (χ1n) is 5.31. The van der Waals surface area contributed by atoms with E-state index in [-0.39, 0.29) is 19.0 Å². The van der Waals surface area contributed by atoms with Gasteiger partial charge in [-0.2, -0.15) is 5.10 Å². The van der Waals surface area contributed by atoms with Gasteiger partial charge >= 0.3 is 0 Å². The van der Waals surface area contributed by atoms with Gasteiger partial charge in [0.1, 0.15) is 12.9 Å². The average Bonchev–Trinajstić information content (AvgIpc) is 2.76. The second kappa shape index (κ2) is 5.74. The third-order valence-electron chi connectivity index (χ3n) is 2.18. The van der Waals surface area contributed by atoms with Crippen molar-refractivity contribution < 1.29 is 4.79 Å². The van der Waals surface area contributed by atoms with Crippen LogP contribution in [0.3, 0.4) is 0 Å². The number of nitrogens with one attached hydrogen (secondary N) is 1. The lowest BCUT2D eigenvalue weighted by Gasteiger charge is -2.05. The molecule has 0 radical (unpaired) electrons. The number of nitrogens with zero attached hydrogens (tertiary/aromatic N) is 3. The molecule has 94 valence electrons. The number of hydrogen-bond donors (Lipinski definition) is 2. The molecule has 0 aliphatic rings. The molecular formula is C11H12BrN5O. The third kappa shape index (κ3) is 3.38. The van der Waals surface area contributed by atoms with Crippen LogP contribution in [-0.4, -0.2) is 20.7 Å². The van der Waals surface area contributed by atoms with E-state index in [9.17, 15) is 4.79 Å². The van der Waals surface area contributed by atoms with Gasteiger partial charge in [-0.3, -0.25) is 4.79 Å². The first-order chi connectivity index (χ1) is 8.67. The maximum absolute atomic E-state index is 11.7. The van der Waals surface area contributed by atoms with Crippen LogP contribution in [0.25, 0.3) is 0 Å². The number of anilines is 1. The van der Waals surface area contributed by atoms with Gasteiger partial charge < -0.3 is 11.1 Å². The zero-order valence-electron chi connectivity index (χ0n) is 9.51. The molecule has 1 heterocycles. The smallest absolute Gasteiger partial charge is 0.246 e. The molecule has 0 spiro atoms. The SMILES string of the molecule is NCc1ncn(CC(=O)Nc2cccc(Br)c2)n1. The lowest BCUT2D eigenvalue weighted by Crippen LogP contribution is -2.19. The summed E-state index contributed by atoms with van der Waals surface area (Å²) in [7, 11) is 0. The Bertz CT molecular complexity index is 554. The summed E-state index contributed by atoms with van der Waals surface area (Å²) in [6.07, 6.45) is 1.49. The fourth-order valence-electron chi connectivity index (χ4n) is 1.42. The number of carbonyl (C=O) groups is 1. The van der Waals surface area contributed by atoms with Crippen LogP contribution in [0.5, 0.6) is 0 Å². The molecule has 0 aliphatic heterocycles. The van der Waals surface area contributed by atoms with Crippen LogP contribution in [0.15, 0.2) is 35.1 Å². The van der Waals surface area contributed by atoms with E-state index in [0.717, 1.165) is 10.2 Å². The summed E-state index contributed by atoms with van der Waals surface area (Å²) in [4.78, 5) is 15.7. The first-order valence-corrected chi connectivity index (χ1v) is 6.10. The number of benzene rings is 1. The zero-order valence-corrected chi connectivity index (χ0v) is 11.1. The zero-order chi connectivity index (χ0) is 13.0. The standard InChI is InChI=1S/C11H12BrN5O/c12-8-2-1-3-9(4-8)15-11(18)6-17-7-14-10(5-13)16-17/h1-4,7H,5-6,13H2,(H,15,18). The molecule has 1 aromatic carbocycles. The molecule has 6 nitrogen and oxygen atoms in total. The molecule has 18 heavy (non-hydrogen) atoms. The summed E-state index contributed by atoms with van der Waals surface area (Å²) >= 11 is 3.34. The number of nitrogens with two attached hydrogens (primary N) is 1. The summed E-state index contributed by atoms with van der Waals surface area (Å²) in [6, 6.07) is 7.38. The number of aromatic nitrogens is 3. The van der Waals surface area contributed by atoms with Gasteiger partial charge in [-0.1, -0.05) is 22.0 Å². The van der Waals surface area contributed by atoms with E-state index in [0.29, 0.717) is 5.82 Å².